The van der Waals surface area contributed by atoms with Crippen LogP contribution in [0.2, 0.25) is 0 Å². The van der Waals surface area contributed by atoms with Gasteiger partial charge in [0.15, 0.2) is 17.2 Å². The molecule has 0 N–H and O–H groups in total. The fourth-order valence-corrected chi connectivity index (χ4v) is 3.59. The molecule has 0 atom stereocenters. The van der Waals surface area contributed by atoms with Crippen molar-refractivity contribution >= 4 is 56.5 Å². The standard InChI is InChI=1S/C24H17BrINO4/c1-29-21-4-2-3-17(22(21)30-14-15-5-9-18(25)10-6-15)13-20-24(28)31-23(27-20)16-7-11-19(26)12-8-16/h2-13H,14H2,1H3/b20-13-. The zero-order valence-corrected chi connectivity index (χ0v) is 20.2. The first-order chi connectivity index (χ1) is 15.0. The van der Waals surface area contributed by atoms with Crippen LogP contribution < -0.4 is 9.47 Å². The van der Waals surface area contributed by atoms with Crippen molar-refractivity contribution in [3.63, 3.8) is 0 Å². The van der Waals surface area contributed by atoms with Gasteiger partial charge in [0, 0.05) is 19.2 Å². The molecule has 0 aliphatic carbocycles. The van der Waals surface area contributed by atoms with Gasteiger partial charge in [-0.25, -0.2) is 9.79 Å². The average molecular weight is 590 g/mol. The lowest BCUT2D eigenvalue weighted by atomic mass is 10.1. The minimum Gasteiger partial charge on any atom is -0.493 e. The number of hydrogen-bond acceptors (Lipinski definition) is 5. The smallest absolute Gasteiger partial charge is 0.363 e. The molecule has 156 valence electrons. The Hall–Kier alpha value is -2.65. The zero-order chi connectivity index (χ0) is 21.8. The predicted octanol–water partition coefficient (Wildman–Crippen LogP) is 5.99. The Bertz CT molecular complexity index is 1170. The highest BCUT2D eigenvalue weighted by atomic mass is 127. The molecule has 0 unspecified atom stereocenters. The number of rotatable bonds is 6. The number of para-hydroxylation sites is 1. The van der Waals surface area contributed by atoms with Crippen molar-refractivity contribution < 1.29 is 19.0 Å². The Morgan fingerprint density at radius 2 is 1.81 bits per heavy atom. The van der Waals surface area contributed by atoms with Gasteiger partial charge in [-0.3, -0.25) is 0 Å². The summed E-state index contributed by atoms with van der Waals surface area (Å²) in [5, 5.41) is 0. The van der Waals surface area contributed by atoms with Gasteiger partial charge in [0.05, 0.1) is 7.11 Å². The van der Waals surface area contributed by atoms with E-state index in [1.807, 2.05) is 66.7 Å². The molecule has 31 heavy (non-hydrogen) atoms. The molecule has 0 fully saturated rings. The Morgan fingerprint density at radius 1 is 1.06 bits per heavy atom. The summed E-state index contributed by atoms with van der Waals surface area (Å²) in [7, 11) is 1.58. The maximum absolute atomic E-state index is 12.4. The SMILES string of the molecule is COc1cccc(/C=C2\N=C(c3ccc(I)cc3)OC2=O)c1OCc1ccc(Br)cc1. The number of methoxy groups -OCH3 is 1. The average Bonchev–Trinajstić information content (AvgIpc) is 3.14. The summed E-state index contributed by atoms with van der Waals surface area (Å²) in [6.07, 6.45) is 1.65. The van der Waals surface area contributed by atoms with Crippen molar-refractivity contribution in [1.29, 1.82) is 0 Å². The van der Waals surface area contributed by atoms with Gasteiger partial charge in [-0.2, -0.15) is 0 Å². The number of nitrogens with zero attached hydrogens (tertiary/aromatic N) is 1. The number of aliphatic imine (C=N–C) groups is 1. The molecule has 0 amide bonds. The Labute approximate surface area is 202 Å². The number of benzene rings is 3. The predicted molar refractivity (Wildman–Crippen MR) is 131 cm³/mol. The number of carbonyl (C=O) groups excluding carboxylic acids is 1. The largest absolute Gasteiger partial charge is 0.493 e. The van der Waals surface area contributed by atoms with Gasteiger partial charge in [-0.1, -0.05) is 40.2 Å². The van der Waals surface area contributed by atoms with Crippen molar-refractivity contribution in [2.45, 2.75) is 6.61 Å². The molecule has 1 heterocycles. The summed E-state index contributed by atoms with van der Waals surface area (Å²) >= 11 is 5.65. The molecule has 0 saturated heterocycles. The molecule has 5 nitrogen and oxygen atoms in total. The van der Waals surface area contributed by atoms with E-state index in [1.165, 1.54) is 0 Å². The van der Waals surface area contributed by atoms with E-state index in [2.05, 4.69) is 43.5 Å². The summed E-state index contributed by atoms with van der Waals surface area (Å²) in [4.78, 5) is 16.8. The van der Waals surface area contributed by atoms with E-state index in [4.69, 9.17) is 14.2 Å². The van der Waals surface area contributed by atoms with Gasteiger partial charge in [-0.15, -0.1) is 0 Å². The Balaban J connectivity index is 1.64. The number of ether oxygens (including phenoxy) is 3. The van der Waals surface area contributed by atoms with E-state index in [9.17, 15) is 4.79 Å². The molecule has 1 aliphatic heterocycles. The van der Waals surface area contributed by atoms with Gasteiger partial charge in [0.2, 0.25) is 5.90 Å². The molecule has 3 aromatic rings. The van der Waals surface area contributed by atoms with E-state index in [0.29, 0.717) is 23.7 Å². The lowest BCUT2D eigenvalue weighted by Gasteiger charge is -2.13. The first-order valence-electron chi connectivity index (χ1n) is 9.36. The second-order valence-corrected chi connectivity index (χ2v) is 8.80. The van der Waals surface area contributed by atoms with Crippen LogP contribution in [-0.4, -0.2) is 19.0 Å². The van der Waals surface area contributed by atoms with Gasteiger partial charge < -0.3 is 14.2 Å². The van der Waals surface area contributed by atoms with Gasteiger partial charge in [0.1, 0.15) is 6.61 Å². The van der Waals surface area contributed by atoms with Gasteiger partial charge in [-0.05, 0) is 76.7 Å². The van der Waals surface area contributed by atoms with Crippen molar-refractivity contribution in [1.82, 2.24) is 0 Å². The van der Waals surface area contributed by atoms with E-state index < -0.39 is 5.97 Å². The van der Waals surface area contributed by atoms with Gasteiger partial charge in [0.25, 0.3) is 0 Å². The fraction of sp³-hybridized carbons (Fsp3) is 0.0833. The van der Waals surface area contributed by atoms with Crippen molar-refractivity contribution in [3.8, 4) is 11.5 Å². The van der Waals surface area contributed by atoms with E-state index in [0.717, 1.165) is 19.2 Å². The molecule has 0 radical (unpaired) electrons. The second-order valence-electron chi connectivity index (χ2n) is 6.64. The van der Waals surface area contributed by atoms with Crippen LogP contribution in [0.25, 0.3) is 6.08 Å². The van der Waals surface area contributed by atoms with Crippen LogP contribution in [0.4, 0.5) is 0 Å². The molecule has 7 heteroatoms. The number of esters is 1. The fourth-order valence-electron chi connectivity index (χ4n) is 2.97. The summed E-state index contributed by atoms with van der Waals surface area (Å²) < 4.78 is 19.0. The first kappa shape index (κ1) is 21.6. The normalized spacial score (nSPS) is 14.4. The highest BCUT2D eigenvalue weighted by molar-refractivity contribution is 14.1. The van der Waals surface area contributed by atoms with Crippen LogP contribution in [0.3, 0.4) is 0 Å². The van der Waals surface area contributed by atoms with Crippen LogP contribution in [0.1, 0.15) is 16.7 Å². The number of hydrogen-bond donors (Lipinski definition) is 0. The zero-order valence-electron chi connectivity index (χ0n) is 16.5. The van der Waals surface area contributed by atoms with E-state index in [-0.39, 0.29) is 11.6 Å². The molecular formula is C24H17BrINO4. The number of halogens is 2. The lowest BCUT2D eigenvalue weighted by molar-refractivity contribution is -0.129. The Morgan fingerprint density at radius 3 is 2.52 bits per heavy atom. The maximum atomic E-state index is 12.4. The molecule has 1 aliphatic rings. The van der Waals surface area contributed by atoms with Crippen molar-refractivity contribution in [3.05, 3.63) is 97.2 Å². The van der Waals surface area contributed by atoms with Crippen LogP contribution >= 0.6 is 38.5 Å². The van der Waals surface area contributed by atoms with E-state index >= 15 is 0 Å². The molecule has 4 rings (SSSR count). The van der Waals surface area contributed by atoms with E-state index in [1.54, 1.807) is 13.2 Å². The highest BCUT2D eigenvalue weighted by Gasteiger charge is 2.25. The number of carbonyl (C=O) groups is 1. The molecule has 0 spiro atoms. The molecule has 0 aromatic heterocycles. The minimum atomic E-state index is -0.504. The molecule has 0 bridgehead atoms. The Kier molecular flexibility index (Phi) is 6.72. The van der Waals surface area contributed by atoms with Crippen LogP contribution in [0.15, 0.2) is 81.9 Å². The summed E-state index contributed by atoms with van der Waals surface area (Å²) in [6.45, 7) is 0.353. The highest BCUT2D eigenvalue weighted by Crippen LogP contribution is 2.34. The maximum Gasteiger partial charge on any atom is 0.363 e. The van der Waals surface area contributed by atoms with Crippen LogP contribution in [0, 0.1) is 3.57 Å². The summed E-state index contributed by atoms with van der Waals surface area (Å²) in [5.41, 5.74) is 2.63. The first-order valence-corrected chi connectivity index (χ1v) is 11.2. The third-order valence-corrected chi connectivity index (χ3v) is 5.78. The third kappa shape index (κ3) is 5.16. The minimum absolute atomic E-state index is 0.204. The quantitative estimate of drug-likeness (QED) is 0.201. The summed E-state index contributed by atoms with van der Waals surface area (Å²) in [6, 6.07) is 21.0. The monoisotopic (exact) mass is 589 g/mol. The van der Waals surface area contributed by atoms with Gasteiger partial charge >= 0.3 is 5.97 Å². The third-order valence-electron chi connectivity index (χ3n) is 4.53. The van der Waals surface area contributed by atoms with Crippen molar-refractivity contribution in [2.75, 3.05) is 7.11 Å². The number of cyclic esters (lactones) is 1. The summed E-state index contributed by atoms with van der Waals surface area (Å²) in [5.74, 6) is 0.883. The molecular weight excluding hydrogens is 573 g/mol. The second kappa shape index (κ2) is 9.65. The van der Waals surface area contributed by atoms with Crippen LogP contribution in [-0.2, 0) is 16.1 Å². The van der Waals surface area contributed by atoms with Crippen LogP contribution in [0.5, 0.6) is 11.5 Å². The topological polar surface area (TPSA) is 57.1 Å². The molecule has 3 aromatic carbocycles. The van der Waals surface area contributed by atoms with Crippen molar-refractivity contribution in [2.24, 2.45) is 4.99 Å². The molecule has 0 saturated carbocycles. The lowest BCUT2D eigenvalue weighted by Crippen LogP contribution is -2.05.